The van der Waals surface area contributed by atoms with E-state index in [1.165, 1.54) is 24.3 Å². The van der Waals surface area contributed by atoms with E-state index in [2.05, 4.69) is 10.6 Å². The first-order valence-electron chi connectivity index (χ1n) is 7.01. The molecule has 0 aromatic heterocycles. The van der Waals surface area contributed by atoms with Gasteiger partial charge in [0.25, 0.3) is 0 Å². The van der Waals surface area contributed by atoms with Crippen molar-refractivity contribution in [1.82, 2.24) is 10.6 Å². The fraction of sp³-hybridized carbons (Fsp3) is 0.333. The van der Waals surface area contributed by atoms with E-state index in [0.717, 1.165) is 0 Å². The zero-order valence-corrected chi connectivity index (χ0v) is 12.1. The van der Waals surface area contributed by atoms with Gasteiger partial charge < -0.3 is 20.8 Å². The van der Waals surface area contributed by atoms with E-state index in [-0.39, 0.29) is 24.3 Å². The normalized spacial score (nSPS) is 18.1. The Morgan fingerprint density at radius 1 is 1.22 bits per heavy atom. The number of aliphatic carboxylic acids is 1. The van der Waals surface area contributed by atoms with Crippen molar-refractivity contribution in [2.75, 3.05) is 0 Å². The maximum absolute atomic E-state index is 12.0. The van der Waals surface area contributed by atoms with Crippen LogP contribution in [0, 0.1) is 0 Å². The van der Waals surface area contributed by atoms with E-state index in [1.807, 2.05) is 0 Å². The smallest absolute Gasteiger partial charge is 0.335 e. The molecule has 0 unspecified atom stereocenters. The number of carboxylic acids is 2. The molecule has 2 rings (SSSR count). The number of hydrogen-bond acceptors (Lipinski definition) is 4. The van der Waals surface area contributed by atoms with Crippen LogP contribution in [-0.2, 0) is 20.8 Å². The van der Waals surface area contributed by atoms with E-state index in [0.29, 0.717) is 12.0 Å². The van der Waals surface area contributed by atoms with Crippen LogP contribution in [0.25, 0.3) is 0 Å². The van der Waals surface area contributed by atoms with Gasteiger partial charge in [-0.05, 0) is 24.1 Å². The van der Waals surface area contributed by atoms with Crippen molar-refractivity contribution >= 4 is 23.8 Å². The van der Waals surface area contributed by atoms with Crippen LogP contribution in [0.3, 0.4) is 0 Å². The molecule has 1 fully saturated rings. The van der Waals surface area contributed by atoms with Crippen LogP contribution in [0.2, 0.25) is 0 Å². The van der Waals surface area contributed by atoms with E-state index in [1.54, 1.807) is 0 Å². The highest BCUT2D eigenvalue weighted by molar-refractivity contribution is 5.93. The molecule has 8 nitrogen and oxygen atoms in total. The van der Waals surface area contributed by atoms with E-state index in [4.69, 9.17) is 5.11 Å². The number of carboxylic acid groups (broad SMARTS) is 2. The standard InChI is InChI=1S/C15H16N2O6/c18-12-6-5-10(16-12)13(19)17-11(15(22)23)7-8-1-3-9(4-2-8)14(20)21/h1-4,10-11H,5-7H2,(H,16,18)(H,17,19)(H,20,21)(H,22,23)/t10-,11+/m0/s1. The van der Waals surface area contributed by atoms with Gasteiger partial charge in [0, 0.05) is 12.8 Å². The molecule has 1 aliphatic heterocycles. The van der Waals surface area contributed by atoms with Gasteiger partial charge in [-0.3, -0.25) is 9.59 Å². The largest absolute Gasteiger partial charge is 0.480 e. The van der Waals surface area contributed by atoms with Gasteiger partial charge >= 0.3 is 11.9 Å². The van der Waals surface area contributed by atoms with Crippen molar-refractivity contribution < 1.29 is 29.4 Å². The summed E-state index contributed by atoms with van der Waals surface area (Å²) in [5.74, 6) is -3.05. The lowest BCUT2D eigenvalue weighted by Gasteiger charge is -2.17. The number of benzene rings is 1. The maximum Gasteiger partial charge on any atom is 0.335 e. The summed E-state index contributed by atoms with van der Waals surface area (Å²) in [6.45, 7) is 0. The Bertz CT molecular complexity index is 640. The van der Waals surface area contributed by atoms with E-state index in [9.17, 15) is 24.3 Å². The highest BCUT2D eigenvalue weighted by Crippen LogP contribution is 2.10. The minimum atomic E-state index is -1.20. The summed E-state index contributed by atoms with van der Waals surface area (Å²) in [6.07, 6.45) is 0.596. The SMILES string of the molecule is O=C1CC[C@@H](C(=O)N[C@H](Cc2ccc(C(=O)O)cc2)C(=O)O)N1. The third kappa shape index (κ3) is 4.29. The van der Waals surface area contributed by atoms with Gasteiger partial charge in [0.2, 0.25) is 11.8 Å². The average molecular weight is 320 g/mol. The number of nitrogens with one attached hydrogen (secondary N) is 2. The van der Waals surface area contributed by atoms with Gasteiger partial charge in [-0.2, -0.15) is 0 Å². The molecule has 2 atom stereocenters. The fourth-order valence-corrected chi connectivity index (χ4v) is 2.30. The molecule has 23 heavy (non-hydrogen) atoms. The topological polar surface area (TPSA) is 133 Å². The zero-order valence-electron chi connectivity index (χ0n) is 12.1. The molecule has 8 heteroatoms. The average Bonchev–Trinajstić information content (AvgIpc) is 2.93. The van der Waals surface area contributed by atoms with Crippen LogP contribution in [0.15, 0.2) is 24.3 Å². The number of rotatable bonds is 6. The van der Waals surface area contributed by atoms with Crippen LogP contribution in [0.4, 0.5) is 0 Å². The molecule has 1 aromatic rings. The summed E-state index contributed by atoms with van der Waals surface area (Å²) in [4.78, 5) is 45.1. The minimum Gasteiger partial charge on any atom is -0.480 e. The fourth-order valence-electron chi connectivity index (χ4n) is 2.30. The number of hydrogen-bond donors (Lipinski definition) is 4. The lowest BCUT2D eigenvalue weighted by molar-refractivity contribution is -0.142. The molecule has 1 aliphatic rings. The lowest BCUT2D eigenvalue weighted by atomic mass is 10.0. The van der Waals surface area contributed by atoms with Crippen molar-refractivity contribution in [3.8, 4) is 0 Å². The summed E-state index contributed by atoms with van der Waals surface area (Å²) in [6, 6.07) is 3.88. The molecule has 1 aromatic carbocycles. The molecule has 1 saturated heterocycles. The van der Waals surface area contributed by atoms with Crippen LogP contribution in [0.5, 0.6) is 0 Å². The number of carbonyl (C=O) groups excluding carboxylic acids is 2. The highest BCUT2D eigenvalue weighted by Gasteiger charge is 2.30. The summed E-state index contributed by atoms with van der Waals surface area (Å²) < 4.78 is 0. The Labute approximate surface area is 131 Å². The van der Waals surface area contributed by atoms with E-state index >= 15 is 0 Å². The van der Waals surface area contributed by atoms with Gasteiger partial charge in [0.1, 0.15) is 12.1 Å². The van der Waals surface area contributed by atoms with Crippen LogP contribution in [-0.4, -0.2) is 46.0 Å². The minimum absolute atomic E-state index is 0.0155. The van der Waals surface area contributed by atoms with Gasteiger partial charge in [0.15, 0.2) is 0 Å². The lowest BCUT2D eigenvalue weighted by Crippen LogP contribution is -2.49. The Hall–Kier alpha value is -2.90. The molecule has 4 N–H and O–H groups in total. The molecule has 0 aliphatic carbocycles. The molecule has 2 amide bonds. The Morgan fingerprint density at radius 2 is 1.87 bits per heavy atom. The second kappa shape index (κ2) is 6.91. The van der Waals surface area contributed by atoms with Gasteiger partial charge in [-0.25, -0.2) is 9.59 Å². The summed E-state index contributed by atoms with van der Waals surface area (Å²) in [7, 11) is 0. The molecular formula is C15H16N2O6. The van der Waals surface area contributed by atoms with Crippen molar-refractivity contribution in [1.29, 1.82) is 0 Å². The number of amides is 2. The Kier molecular flexibility index (Phi) is 4.95. The second-order valence-electron chi connectivity index (χ2n) is 5.26. The molecule has 0 spiro atoms. The second-order valence-corrected chi connectivity index (χ2v) is 5.26. The van der Waals surface area contributed by atoms with Crippen LogP contribution < -0.4 is 10.6 Å². The molecule has 0 bridgehead atoms. The predicted molar refractivity (Wildman–Crippen MR) is 77.8 cm³/mol. The molecule has 1 heterocycles. The zero-order chi connectivity index (χ0) is 17.0. The van der Waals surface area contributed by atoms with Gasteiger partial charge in [-0.1, -0.05) is 12.1 Å². The summed E-state index contributed by atoms with van der Waals surface area (Å²) in [5, 5.41) is 22.9. The van der Waals surface area contributed by atoms with Crippen molar-refractivity contribution in [3.05, 3.63) is 35.4 Å². The maximum atomic E-state index is 12.0. The predicted octanol–water partition coefficient (Wildman–Crippen LogP) is -0.225. The number of aromatic carboxylic acids is 1. The molecular weight excluding hydrogens is 304 g/mol. The monoisotopic (exact) mass is 320 g/mol. The van der Waals surface area contributed by atoms with Crippen LogP contribution in [0.1, 0.15) is 28.8 Å². The van der Waals surface area contributed by atoms with E-state index < -0.39 is 29.9 Å². The summed E-state index contributed by atoms with van der Waals surface area (Å²) in [5.41, 5.74) is 0.677. The first-order chi connectivity index (χ1) is 10.9. The third-order valence-electron chi connectivity index (χ3n) is 3.57. The first-order valence-corrected chi connectivity index (χ1v) is 7.01. The quantitative estimate of drug-likeness (QED) is 0.572. The molecule has 122 valence electrons. The Morgan fingerprint density at radius 3 is 2.35 bits per heavy atom. The highest BCUT2D eigenvalue weighted by atomic mass is 16.4. The molecule has 0 saturated carbocycles. The van der Waals surface area contributed by atoms with Crippen molar-refractivity contribution in [2.24, 2.45) is 0 Å². The third-order valence-corrected chi connectivity index (χ3v) is 3.57. The van der Waals surface area contributed by atoms with Crippen molar-refractivity contribution in [3.63, 3.8) is 0 Å². The molecule has 0 radical (unpaired) electrons. The first kappa shape index (κ1) is 16.5. The summed E-state index contributed by atoms with van der Waals surface area (Å²) >= 11 is 0. The van der Waals surface area contributed by atoms with Gasteiger partial charge in [0.05, 0.1) is 5.56 Å². The Balaban J connectivity index is 2.01. The van der Waals surface area contributed by atoms with Crippen LogP contribution >= 0.6 is 0 Å². The van der Waals surface area contributed by atoms with Crippen molar-refractivity contribution in [2.45, 2.75) is 31.3 Å². The number of carbonyl (C=O) groups is 4. The van der Waals surface area contributed by atoms with Gasteiger partial charge in [-0.15, -0.1) is 0 Å².